The third-order valence-electron chi connectivity index (χ3n) is 4.37. The average Bonchev–Trinajstić information content (AvgIpc) is 2.63. The minimum Gasteiger partial charge on any atom is -0.486 e. The molecule has 2 heterocycles. The SMILES string of the molecule is O=C(c1cccc2c1CCOC2)N1CCOc2c(F)ccc(F)c21. The molecule has 0 saturated heterocycles. The summed E-state index contributed by atoms with van der Waals surface area (Å²) in [4.78, 5) is 14.3. The zero-order chi connectivity index (χ0) is 16.7. The summed E-state index contributed by atoms with van der Waals surface area (Å²) in [6.45, 7) is 1.29. The van der Waals surface area contributed by atoms with Crippen LogP contribution in [0.25, 0.3) is 0 Å². The number of amides is 1. The van der Waals surface area contributed by atoms with E-state index in [1.807, 2.05) is 6.07 Å². The van der Waals surface area contributed by atoms with E-state index < -0.39 is 11.6 Å². The normalized spacial score (nSPS) is 16.2. The molecule has 6 heteroatoms. The lowest BCUT2D eigenvalue weighted by molar-refractivity contribution is 0.0961. The Bertz CT molecular complexity index is 822. The van der Waals surface area contributed by atoms with Crippen molar-refractivity contribution in [2.45, 2.75) is 13.0 Å². The summed E-state index contributed by atoms with van der Waals surface area (Å²) in [5, 5.41) is 0. The van der Waals surface area contributed by atoms with Crippen molar-refractivity contribution in [2.24, 2.45) is 0 Å². The monoisotopic (exact) mass is 331 g/mol. The minimum absolute atomic E-state index is 0.122. The third-order valence-corrected chi connectivity index (χ3v) is 4.37. The molecule has 0 N–H and O–H groups in total. The second kappa shape index (κ2) is 5.87. The van der Waals surface area contributed by atoms with E-state index >= 15 is 0 Å². The van der Waals surface area contributed by atoms with Gasteiger partial charge >= 0.3 is 0 Å². The van der Waals surface area contributed by atoms with Gasteiger partial charge in [0.1, 0.15) is 12.3 Å². The number of nitrogens with zero attached hydrogens (tertiary/aromatic N) is 1. The van der Waals surface area contributed by atoms with Gasteiger partial charge in [-0.3, -0.25) is 9.69 Å². The smallest absolute Gasteiger partial charge is 0.258 e. The van der Waals surface area contributed by atoms with Gasteiger partial charge in [0.2, 0.25) is 0 Å². The number of hydrogen-bond donors (Lipinski definition) is 0. The Morgan fingerprint density at radius 1 is 1.08 bits per heavy atom. The Balaban J connectivity index is 1.79. The zero-order valence-corrected chi connectivity index (χ0v) is 12.9. The zero-order valence-electron chi connectivity index (χ0n) is 12.9. The highest BCUT2D eigenvalue weighted by Gasteiger charge is 2.31. The molecule has 2 aromatic rings. The molecule has 0 radical (unpaired) electrons. The molecule has 4 rings (SSSR count). The molecule has 124 valence electrons. The molecule has 4 nitrogen and oxygen atoms in total. The summed E-state index contributed by atoms with van der Waals surface area (Å²) in [6.07, 6.45) is 0.625. The summed E-state index contributed by atoms with van der Waals surface area (Å²) < 4.78 is 38.8. The number of halogens is 2. The van der Waals surface area contributed by atoms with Crippen LogP contribution in [0, 0.1) is 11.6 Å². The molecule has 2 aliphatic rings. The Kier molecular flexibility index (Phi) is 3.69. The fraction of sp³-hybridized carbons (Fsp3) is 0.278. The Hall–Kier alpha value is -2.47. The molecular weight excluding hydrogens is 316 g/mol. The van der Waals surface area contributed by atoms with Crippen molar-refractivity contribution in [2.75, 3.05) is 24.7 Å². The molecule has 0 unspecified atom stereocenters. The molecule has 0 saturated carbocycles. The van der Waals surface area contributed by atoms with Gasteiger partial charge in [-0.2, -0.15) is 0 Å². The lowest BCUT2D eigenvalue weighted by Gasteiger charge is -2.31. The predicted octanol–water partition coefficient (Wildman–Crippen LogP) is 3.08. The topological polar surface area (TPSA) is 38.8 Å². The van der Waals surface area contributed by atoms with Crippen LogP contribution >= 0.6 is 0 Å². The molecule has 1 amide bonds. The molecule has 0 bridgehead atoms. The minimum atomic E-state index is -0.674. The van der Waals surface area contributed by atoms with E-state index in [2.05, 4.69) is 0 Å². The maximum Gasteiger partial charge on any atom is 0.258 e. The van der Waals surface area contributed by atoms with Crippen LogP contribution in [0.3, 0.4) is 0 Å². The van der Waals surface area contributed by atoms with E-state index in [4.69, 9.17) is 9.47 Å². The summed E-state index contributed by atoms with van der Waals surface area (Å²) >= 11 is 0. The number of carbonyl (C=O) groups is 1. The van der Waals surface area contributed by atoms with Crippen LogP contribution in [-0.2, 0) is 17.8 Å². The van der Waals surface area contributed by atoms with Crippen LogP contribution in [0.5, 0.6) is 5.75 Å². The van der Waals surface area contributed by atoms with Gasteiger partial charge in [-0.1, -0.05) is 12.1 Å². The van der Waals surface area contributed by atoms with Gasteiger partial charge in [0.25, 0.3) is 5.91 Å². The standard InChI is InChI=1S/C18H15F2NO3/c19-14-4-5-15(20)17-16(14)21(7-9-24-17)18(22)13-3-1-2-11-10-23-8-6-12(11)13/h1-5H,6-10H2. The molecular formula is C18H15F2NO3. The van der Waals surface area contributed by atoms with Crippen molar-refractivity contribution in [3.05, 3.63) is 58.7 Å². The molecule has 0 atom stereocenters. The number of carbonyl (C=O) groups excluding carboxylic acids is 1. The fourth-order valence-electron chi connectivity index (χ4n) is 3.23. The van der Waals surface area contributed by atoms with Gasteiger partial charge in [-0.15, -0.1) is 0 Å². The van der Waals surface area contributed by atoms with E-state index in [0.717, 1.165) is 23.3 Å². The number of benzene rings is 2. The van der Waals surface area contributed by atoms with E-state index in [9.17, 15) is 13.6 Å². The van der Waals surface area contributed by atoms with E-state index in [1.165, 1.54) is 4.90 Å². The number of anilines is 1. The van der Waals surface area contributed by atoms with Gasteiger partial charge < -0.3 is 9.47 Å². The first-order valence-corrected chi connectivity index (χ1v) is 7.78. The lowest BCUT2D eigenvalue weighted by atomic mass is 9.96. The molecule has 0 fully saturated rings. The summed E-state index contributed by atoms with van der Waals surface area (Å²) in [6, 6.07) is 7.43. The Morgan fingerprint density at radius 3 is 2.79 bits per heavy atom. The van der Waals surface area contributed by atoms with Crippen molar-refractivity contribution in [3.63, 3.8) is 0 Å². The maximum absolute atomic E-state index is 14.3. The molecule has 2 aliphatic heterocycles. The van der Waals surface area contributed by atoms with Gasteiger partial charge in [-0.05, 0) is 35.7 Å². The second-order valence-corrected chi connectivity index (χ2v) is 5.76. The quantitative estimate of drug-likeness (QED) is 0.806. The van der Waals surface area contributed by atoms with Gasteiger partial charge in [0, 0.05) is 5.56 Å². The van der Waals surface area contributed by atoms with Crippen LogP contribution in [0.4, 0.5) is 14.5 Å². The molecule has 2 aromatic carbocycles. The van der Waals surface area contributed by atoms with Crippen LogP contribution < -0.4 is 9.64 Å². The fourth-order valence-corrected chi connectivity index (χ4v) is 3.23. The molecule has 0 aromatic heterocycles. The van der Waals surface area contributed by atoms with Crippen LogP contribution in [0.2, 0.25) is 0 Å². The predicted molar refractivity (Wildman–Crippen MR) is 83.3 cm³/mol. The molecule has 0 aliphatic carbocycles. The molecule has 0 spiro atoms. The van der Waals surface area contributed by atoms with Crippen molar-refractivity contribution in [3.8, 4) is 5.75 Å². The highest BCUT2D eigenvalue weighted by molar-refractivity contribution is 6.08. The highest BCUT2D eigenvalue weighted by Crippen LogP contribution is 2.37. The van der Waals surface area contributed by atoms with E-state index in [0.29, 0.717) is 25.2 Å². The summed E-state index contributed by atoms with van der Waals surface area (Å²) in [5.41, 5.74) is 2.25. The second-order valence-electron chi connectivity index (χ2n) is 5.76. The average molecular weight is 331 g/mol. The van der Waals surface area contributed by atoms with E-state index in [1.54, 1.807) is 12.1 Å². The van der Waals surface area contributed by atoms with Crippen LogP contribution in [0.1, 0.15) is 21.5 Å². The highest BCUT2D eigenvalue weighted by atomic mass is 19.1. The first-order chi connectivity index (χ1) is 11.7. The van der Waals surface area contributed by atoms with Crippen LogP contribution in [0.15, 0.2) is 30.3 Å². The Morgan fingerprint density at radius 2 is 1.92 bits per heavy atom. The lowest BCUT2D eigenvalue weighted by Crippen LogP contribution is -2.39. The molecule has 24 heavy (non-hydrogen) atoms. The van der Waals surface area contributed by atoms with E-state index in [-0.39, 0.29) is 30.5 Å². The van der Waals surface area contributed by atoms with Crippen molar-refractivity contribution >= 4 is 11.6 Å². The summed E-state index contributed by atoms with van der Waals surface area (Å²) in [7, 11) is 0. The van der Waals surface area contributed by atoms with Crippen molar-refractivity contribution < 1.29 is 23.0 Å². The number of rotatable bonds is 1. The first kappa shape index (κ1) is 15.1. The summed E-state index contributed by atoms with van der Waals surface area (Å²) in [5.74, 6) is -1.90. The largest absolute Gasteiger partial charge is 0.486 e. The Labute approximate surface area is 137 Å². The van der Waals surface area contributed by atoms with Crippen molar-refractivity contribution in [1.82, 2.24) is 0 Å². The number of hydrogen-bond acceptors (Lipinski definition) is 3. The van der Waals surface area contributed by atoms with Gasteiger partial charge in [0.15, 0.2) is 17.4 Å². The number of ether oxygens (including phenoxy) is 2. The third kappa shape index (κ3) is 2.34. The first-order valence-electron chi connectivity index (χ1n) is 7.78. The van der Waals surface area contributed by atoms with Gasteiger partial charge in [-0.25, -0.2) is 8.78 Å². The maximum atomic E-state index is 14.3. The van der Waals surface area contributed by atoms with Gasteiger partial charge in [0.05, 0.1) is 19.8 Å². The number of fused-ring (bicyclic) bond motifs is 2. The van der Waals surface area contributed by atoms with Crippen molar-refractivity contribution in [1.29, 1.82) is 0 Å². The van der Waals surface area contributed by atoms with Crippen LogP contribution in [-0.4, -0.2) is 25.7 Å².